The van der Waals surface area contributed by atoms with E-state index < -0.39 is 0 Å². The average Bonchev–Trinajstić information content (AvgIpc) is 2.47. The summed E-state index contributed by atoms with van der Waals surface area (Å²) in [4.78, 5) is 2.51. The first-order valence-electron chi connectivity index (χ1n) is 8.29. The Hall–Kier alpha value is -0.900. The van der Waals surface area contributed by atoms with Crippen molar-refractivity contribution in [1.29, 1.82) is 0 Å². The highest BCUT2D eigenvalue weighted by atomic mass is 16.5. The van der Waals surface area contributed by atoms with E-state index in [0.717, 1.165) is 26.1 Å². The smallest absolute Gasteiger partial charge is 0.0702 e. The third-order valence-electron chi connectivity index (χ3n) is 4.28. The van der Waals surface area contributed by atoms with Crippen LogP contribution in [0.2, 0.25) is 0 Å². The third kappa shape index (κ3) is 4.53. The number of nitrogens with zero attached hydrogens (tertiary/aromatic N) is 1. The molecule has 0 aliphatic carbocycles. The molecule has 1 aliphatic heterocycles. The molecule has 1 heterocycles. The number of hydrogen-bond donors (Lipinski definition) is 1. The Bertz CT molecular complexity index is 416. The van der Waals surface area contributed by atoms with Gasteiger partial charge in [-0.3, -0.25) is 4.90 Å². The predicted molar refractivity (Wildman–Crippen MR) is 88.4 cm³/mol. The van der Waals surface area contributed by atoms with E-state index in [9.17, 15) is 0 Å². The number of hydrogen-bond acceptors (Lipinski definition) is 3. The van der Waals surface area contributed by atoms with E-state index >= 15 is 0 Å². The normalized spacial score (nSPS) is 23.0. The molecule has 3 nitrogen and oxygen atoms in total. The molecule has 118 valence electrons. The van der Waals surface area contributed by atoms with Crippen LogP contribution in [0, 0.1) is 6.92 Å². The topological polar surface area (TPSA) is 38.5 Å². The fourth-order valence-corrected chi connectivity index (χ4v) is 3.25. The lowest BCUT2D eigenvalue weighted by Gasteiger charge is -2.40. The minimum Gasteiger partial charge on any atom is -0.377 e. The van der Waals surface area contributed by atoms with E-state index in [0.29, 0.717) is 12.1 Å². The molecule has 2 N–H and O–H groups in total. The minimum atomic E-state index is 0.123. The van der Waals surface area contributed by atoms with Crippen molar-refractivity contribution in [3.63, 3.8) is 0 Å². The quantitative estimate of drug-likeness (QED) is 0.874. The third-order valence-corrected chi connectivity index (χ3v) is 4.28. The number of aryl methyl sites for hydroxylation is 1. The molecule has 3 unspecified atom stereocenters. The Morgan fingerprint density at radius 2 is 2.05 bits per heavy atom. The number of nitrogens with two attached hydrogens (primary N) is 1. The lowest BCUT2D eigenvalue weighted by molar-refractivity contribution is -0.0155. The molecule has 0 bridgehead atoms. The van der Waals surface area contributed by atoms with Crippen LogP contribution in [-0.4, -0.2) is 36.7 Å². The maximum Gasteiger partial charge on any atom is 0.0702 e. The maximum atomic E-state index is 6.30. The lowest BCUT2D eigenvalue weighted by atomic mass is 9.95. The zero-order chi connectivity index (χ0) is 15.2. The highest BCUT2D eigenvalue weighted by Gasteiger charge is 2.29. The van der Waals surface area contributed by atoms with Crippen LogP contribution in [0.1, 0.15) is 50.3 Å². The van der Waals surface area contributed by atoms with Gasteiger partial charge in [-0.1, -0.05) is 36.8 Å². The number of ether oxygens (including phenoxy) is 1. The second-order valence-corrected chi connectivity index (χ2v) is 6.34. The summed E-state index contributed by atoms with van der Waals surface area (Å²) in [7, 11) is 0. The molecule has 0 amide bonds. The molecule has 0 saturated carbocycles. The van der Waals surface area contributed by atoms with Gasteiger partial charge < -0.3 is 10.5 Å². The summed E-state index contributed by atoms with van der Waals surface area (Å²) >= 11 is 0. The average molecular weight is 290 g/mol. The molecule has 3 heteroatoms. The van der Waals surface area contributed by atoms with Crippen molar-refractivity contribution in [1.82, 2.24) is 4.90 Å². The number of piperidine rings is 1. The Morgan fingerprint density at radius 1 is 1.33 bits per heavy atom. The monoisotopic (exact) mass is 290 g/mol. The van der Waals surface area contributed by atoms with E-state index in [4.69, 9.17) is 10.5 Å². The Morgan fingerprint density at radius 3 is 2.67 bits per heavy atom. The van der Waals surface area contributed by atoms with Gasteiger partial charge in [0.2, 0.25) is 0 Å². The highest BCUT2D eigenvalue weighted by Crippen LogP contribution is 2.28. The van der Waals surface area contributed by atoms with Crippen molar-refractivity contribution in [2.75, 3.05) is 19.7 Å². The maximum absolute atomic E-state index is 6.30. The molecular weight excluding hydrogens is 260 g/mol. The second-order valence-electron chi connectivity index (χ2n) is 6.34. The van der Waals surface area contributed by atoms with Crippen molar-refractivity contribution in [2.24, 2.45) is 5.73 Å². The van der Waals surface area contributed by atoms with Crippen LogP contribution >= 0.6 is 0 Å². The van der Waals surface area contributed by atoms with Crippen LogP contribution in [0.4, 0.5) is 0 Å². The van der Waals surface area contributed by atoms with Gasteiger partial charge in [-0.25, -0.2) is 0 Å². The van der Waals surface area contributed by atoms with E-state index in [2.05, 4.69) is 49.9 Å². The van der Waals surface area contributed by atoms with E-state index in [1.54, 1.807) is 0 Å². The fourth-order valence-electron chi connectivity index (χ4n) is 3.25. The Labute approximate surface area is 129 Å². The first kappa shape index (κ1) is 16.5. The first-order valence-corrected chi connectivity index (χ1v) is 8.29. The van der Waals surface area contributed by atoms with Gasteiger partial charge in [-0.2, -0.15) is 0 Å². The van der Waals surface area contributed by atoms with Gasteiger partial charge in [-0.15, -0.1) is 0 Å². The number of likely N-dealkylation sites (tertiary alicyclic amines) is 1. The summed E-state index contributed by atoms with van der Waals surface area (Å²) in [6.07, 6.45) is 3.83. The van der Waals surface area contributed by atoms with Crippen molar-refractivity contribution < 1.29 is 4.74 Å². The van der Waals surface area contributed by atoms with Gasteiger partial charge in [0, 0.05) is 25.2 Å². The molecule has 1 aliphatic rings. The van der Waals surface area contributed by atoms with E-state index in [1.165, 1.54) is 24.0 Å². The van der Waals surface area contributed by atoms with E-state index in [-0.39, 0.29) is 6.04 Å². The molecule has 1 aromatic carbocycles. The zero-order valence-corrected chi connectivity index (χ0v) is 13.7. The molecule has 0 aromatic heterocycles. The van der Waals surface area contributed by atoms with Crippen molar-refractivity contribution in [3.8, 4) is 0 Å². The first-order chi connectivity index (χ1) is 10.1. The van der Waals surface area contributed by atoms with Crippen LogP contribution in [0.3, 0.4) is 0 Å². The van der Waals surface area contributed by atoms with Gasteiger partial charge in [-0.05, 0) is 45.2 Å². The lowest BCUT2D eigenvalue weighted by Crippen LogP contribution is -2.47. The Balaban J connectivity index is 2.08. The number of benzene rings is 1. The molecule has 0 radical (unpaired) electrons. The van der Waals surface area contributed by atoms with Crippen LogP contribution in [0.5, 0.6) is 0 Å². The molecule has 3 atom stereocenters. The molecule has 1 aromatic rings. The number of rotatable bonds is 6. The zero-order valence-electron chi connectivity index (χ0n) is 13.7. The second kappa shape index (κ2) is 7.92. The molecule has 1 saturated heterocycles. The summed E-state index contributed by atoms with van der Waals surface area (Å²) in [6, 6.07) is 9.22. The van der Waals surface area contributed by atoms with Gasteiger partial charge >= 0.3 is 0 Å². The molecule has 2 rings (SSSR count). The predicted octanol–water partition coefficient (Wildman–Crippen LogP) is 3.27. The van der Waals surface area contributed by atoms with Crippen molar-refractivity contribution in [3.05, 3.63) is 35.4 Å². The summed E-state index contributed by atoms with van der Waals surface area (Å²) in [5.74, 6) is 0. The van der Waals surface area contributed by atoms with Crippen LogP contribution in [0.15, 0.2) is 24.3 Å². The van der Waals surface area contributed by atoms with E-state index in [1.807, 2.05) is 0 Å². The van der Waals surface area contributed by atoms with Gasteiger partial charge in [0.15, 0.2) is 0 Å². The summed E-state index contributed by atoms with van der Waals surface area (Å²) in [5, 5.41) is 0. The van der Waals surface area contributed by atoms with Gasteiger partial charge in [0.25, 0.3) is 0 Å². The summed E-state index contributed by atoms with van der Waals surface area (Å²) in [6.45, 7) is 9.39. The molecule has 21 heavy (non-hydrogen) atoms. The van der Waals surface area contributed by atoms with Crippen LogP contribution < -0.4 is 5.73 Å². The largest absolute Gasteiger partial charge is 0.377 e. The van der Waals surface area contributed by atoms with Crippen LogP contribution in [-0.2, 0) is 4.74 Å². The molecule has 0 spiro atoms. The standard InChI is InChI=1S/C18H30N2O/c1-4-12-21-17-6-5-11-20(13-17)18(15(3)19)16-9-7-14(2)8-10-16/h7-10,15,17-18H,4-6,11-13,19H2,1-3H3. The SMILES string of the molecule is CCCOC1CCCN(C(c2ccc(C)cc2)C(C)N)C1. The van der Waals surface area contributed by atoms with Gasteiger partial charge in [0.1, 0.15) is 0 Å². The van der Waals surface area contributed by atoms with Crippen LogP contribution in [0.25, 0.3) is 0 Å². The Kier molecular flexibility index (Phi) is 6.22. The highest BCUT2D eigenvalue weighted by molar-refractivity contribution is 5.25. The van der Waals surface area contributed by atoms with Gasteiger partial charge in [0.05, 0.1) is 6.10 Å². The fraction of sp³-hybridized carbons (Fsp3) is 0.667. The summed E-state index contributed by atoms with van der Waals surface area (Å²) < 4.78 is 5.96. The molecular formula is C18H30N2O. The van der Waals surface area contributed by atoms with Crippen molar-refractivity contribution in [2.45, 2.75) is 58.2 Å². The summed E-state index contributed by atoms with van der Waals surface area (Å²) in [5.41, 5.74) is 8.92. The minimum absolute atomic E-state index is 0.123. The molecule has 1 fully saturated rings. The van der Waals surface area contributed by atoms with Crippen molar-refractivity contribution >= 4 is 0 Å².